The molecule has 0 amide bonds. The van der Waals surface area contributed by atoms with Crippen LogP contribution in [0.3, 0.4) is 0 Å². The first-order valence-electron chi connectivity index (χ1n) is 6.89. The maximum Gasteiger partial charge on any atom is 0.150 e. The topological polar surface area (TPSA) is 46.2 Å². The fraction of sp³-hybridized carbons (Fsp3) is 0.600. The number of hydrogen-bond donors (Lipinski definition) is 1. The van der Waals surface area contributed by atoms with Crippen molar-refractivity contribution in [2.24, 2.45) is 0 Å². The van der Waals surface area contributed by atoms with Gasteiger partial charge in [-0.15, -0.1) is 0 Å². The minimum Gasteiger partial charge on any atom is -0.382 e. The molecule has 0 heterocycles. The molecule has 4 heteroatoms. The van der Waals surface area contributed by atoms with Crippen molar-refractivity contribution in [2.45, 2.75) is 50.8 Å². The third kappa shape index (κ3) is 3.72. The van der Waals surface area contributed by atoms with Gasteiger partial charge in [-0.05, 0) is 56.4 Å². The van der Waals surface area contributed by atoms with Crippen LogP contribution in [0.15, 0.2) is 18.2 Å². The molecule has 0 bridgehead atoms. The van der Waals surface area contributed by atoms with E-state index in [0.717, 1.165) is 31.4 Å². The van der Waals surface area contributed by atoms with Gasteiger partial charge in [-0.3, -0.25) is 0 Å². The van der Waals surface area contributed by atoms with Gasteiger partial charge < -0.3 is 5.32 Å². The highest BCUT2D eigenvalue weighted by molar-refractivity contribution is 7.91. The van der Waals surface area contributed by atoms with Gasteiger partial charge in [0.2, 0.25) is 0 Å². The average Bonchev–Trinajstić information content (AvgIpc) is 2.33. The molecule has 1 aromatic carbocycles. The molecule has 106 valence electrons. The summed E-state index contributed by atoms with van der Waals surface area (Å²) in [5.41, 5.74) is 3.64. The largest absolute Gasteiger partial charge is 0.382 e. The number of benzene rings is 1. The number of anilines is 1. The molecule has 1 aromatic rings. The molecule has 0 aromatic heterocycles. The summed E-state index contributed by atoms with van der Waals surface area (Å²) in [5.74, 6) is 0. The van der Waals surface area contributed by atoms with Crippen LogP contribution in [0.1, 0.15) is 36.8 Å². The van der Waals surface area contributed by atoms with E-state index in [1.165, 1.54) is 17.4 Å². The maximum atomic E-state index is 11.7. The van der Waals surface area contributed by atoms with Gasteiger partial charge in [0.15, 0.2) is 0 Å². The maximum absolute atomic E-state index is 11.7. The molecule has 2 unspecified atom stereocenters. The van der Waals surface area contributed by atoms with Crippen molar-refractivity contribution in [3.8, 4) is 0 Å². The summed E-state index contributed by atoms with van der Waals surface area (Å²) in [4.78, 5) is 0. The van der Waals surface area contributed by atoms with Gasteiger partial charge in [0.1, 0.15) is 9.84 Å². The molecule has 2 rings (SSSR count). The molecule has 1 aliphatic rings. The molecule has 0 radical (unpaired) electrons. The predicted molar refractivity (Wildman–Crippen MR) is 80.4 cm³/mol. The van der Waals surface area contributed by atoms with Crippen LogP contribution in [0.25, 0.3) is 0 Å². The number of aryl methyl sites for hydroxylation is 2. The zero-order valence-electron chi connectivity index (χ0n) is 11.9. The van der Waals surface area contributed by atoms with E-state index in [4.69, 9.17) is 0 Å². The Bertz CT molecular complexity index is 551. The number of rotatable bonds is 3. The quantitative estimate of drug-likeness (QED) is 0.926. The van der Waals surface area contributed by atoms with Crippen LogP contribution in [-0.4, -0.2) is 26.0 Å². The Labute approximate surface area is 116 Å². The molecule has 1 N–H and O–H groups in total. The number of nitrogens with one attached hydrogen (secondary N) is 1. The van der Waals surface area contributed by atoms with Crippen molar-refractivity contribution in [3.63, 3.8) is 0 Å². The molecule has 2 atom stereocenters. The van der Waals surface area contributed by atoms with Crippen LogP contribution >= 0.6 is 0 Å². The second kappa shape index (κ2) is 5.53. The number of hydrogen-bond acceptors (Lipinski definition) is 3. The van der Waals surface area contributed by atoms with Crippen LogP contribution in [0.4, 0.5) is 5.69 Å². The summed E-state index contributed by atoms with van der Waals surface area (Å²) < 4.78 is 23.3. The third-order valence-corrected chi connectivity index (χ3v) is 5.75. The number of sulfone groups is 1. The molecule has 0 aliphatic heterocycles. The average molecular weight is 281 g/mol. The summed E-state index contributed by atoms with van der Waals surface area (Å²) in [5, 5.41) is 3.31. The van der Waals surface area contributed by atoms with Crippen LogP contribution in [-0.2, 0) is 9.84 Å². The van der Waals surface area contributed by atoms with Gasteiger partial charge in [0.25, 0.3) is 0 Å². The van der Waals surface area contributed by atoms with Gasteiger partial charge in [0.05, 0.1) is 5.25 Å². The van der Waals surface area contributed by atoms with Crippen molar-refractivity contribution in [1.82, 2.24) is 0 Å². The minimum atomic E-state index is -2.91. The molecule has 19 heavy (non-hydrogen) atoms. The lowest BCUT2D eigenvalue weighted by atomic mass is 9.94. The van der Waals surface area contributed by atoms with E-state index in [2.05, 4.69) is 37.4 Å². The third-order valence-electron chi connectivity index (χ3n) is 4.11. The lowest BCUT2D eigenvalue weighted by Gasteiger charge is -2.29. The van der Waals surface area contributed by atoms with E-state index in [0.29, 0.717) is 0 Å². The first-order chi connectivity index (χ1) is 8.86. The highest BCUT2D eigenvalue weighted by Gasteiger charge is 2.28. The molecule has 3 nitrogen and oxygen atoms in total. The lowest BCUT2D eigenvalue weighted by Crippen LogP contribution is -2.34. The van der Waals surface area contributed by atoms with E-state index in [1.54, 1.807) is 0 Å². The van der Waals surface area contributed by atoms with Crippen molar-refractivity contribution in [2.75, 3.05) is 11.6 Å². The standard InChI is InChI=1S/C15H23NO2S/c1-11-7-8-14(9-12(11)2)16-13-5-4-6-15(10-13)19(3,17)18/h7-9,13,15-16H,4-6,10H2,1-3H3. The first kappa shape index (κ1) is 14.4. The van der Waals surface area contributed by atoms with Crippen molar-refractivity contribution in [3.05, 3.63) is 29.3 Å². The highest BCUT2D eigenvalue weighted by Crippen LogP contribution is 2.26. The Morgan fingerprint density at radius 3 is 2.53 bits per heavy atom. The minimum absolute atomic E-state index is 0.176. The highest BCUT2D eigenvalue weighted by atomic mass is 32.2. The summed E-state index contributed by atoms with van der Waals surface area (Å²) >= 11 is 0. The SMILES string of the molecule is Cc1ccc(NC2CCCC(S(C)(=O)=O)C2)cc1C. The molecule has 1 saturated carbocycles. The lowest BCUT2D eigenvalue weighted by molar-refractivity contribution is 0.453. The Balaban J connectivity index is 2.04. The molecule has 0 spiro atoms. The summed E-state index contributed by atoms with van der Waals surface area (Å²) in [6.07, 6.45) is 4.94. The second-order valence-corrected chi connectivity index (χ2v) is 8.08. The van der Waals surface area contributed by atoms with E-state index >= 15 is 0 Å². The second-order valence-electron chi connectivity index (χ2n) is 5.76. The molecule has 1 fully saturated rings. The Hall–Kier alpha value is -1.03. The monoisotopic (exact) mass is 281 g/mol. The van der Waals surface area contributed by atoms with E-state index in [1.807, 2.05) is 0 Å². The smallest absolute Gasteiger partial charge is 0.150 e. The normalized spacial score (nSPS) is 24.2. The Morgan fingerprint density at radius 2 is 1.89 bits per heavy atom. The summed E-state index contributed by atoms with van der Waals surface area (Å²) in [7, 11) is -2.91. The fourth-order valence-electron chi connectivity index (χ4n) is 2.73. The zero-order chi connectivity index (χ0) is 14.0. The van der Waals surface area contributed by atoms with Gasteiger partial charge >= 0.3 is 0 Å². The summed E-state index contributed by atoms with van der Waals surface area (Å²) in [6, 6.07) is 6.59. The molecule has 0 saturated heterocycles. The fourth-order valence-corrected chi connectivity index (χ4v) is 3.91. The van der Waals surface area contributed by atoms with E-state index in [9.17, 15) is 8.42 Å². The van der Waals surface area contributed by atoms with Crippen molar-refractivity contribution in [1.29, 1.82) is 0 Å². The van der Waals surface area contributed by atoms with Gasteiger partial charge in [-0.1, -0.05) is 12.5 Å². The van der Waals surface area contributed by atoms with Crippen molar-refractivity contribution < 1.29 is 8.42 Å². The van der Waals surface area contributed by atoms with Crippen LogP contribution in [0.2, 0.25) is 0 Å². The van der Waals surface area contributed by atoms with Gasteiger partial charge in [-0.25, -0.2) is 8.42 Å². The molecular weight excluding hydrogens is 258 g/mol. The predicted octanol–water partition coefficient (Wildman–Crippen LogP) is 3.07. The van der Waals surface area contributed by atoms with Crippen LogP contribution in [0, 0.1) is 13.8 Å². The van der Waals surface area contributed by atoms with E-state index in [-0.39, 0.29) is 11.3 Å². The molecular formula is C15H23NO2S. The zero-order valence-corrected chi connectivity index (χ0v) is 12.8. The Kier molecular flexibility index (Phi) is 4.19. The first-order valence-corrected chi connectivity index (χ1v) is 8.84. The van der Waals surface area contributed by atoms with E-state index < -0.39 is 9.84 Å². The van der Waals surface area contributed by atoms with Crippen LogP contribution in [0.5, 0.6) is 0 Å². The molecule has 1 aliphatic carbocycles. The Morgan fingerprint density at radius 1 is 1.16 bits per heavy atom. The van der Waals surface area contributed by atoms with Gasteiger partial charge in [0, 0.05) is 18.0 Å². The van der Waals surface area contributed by atoms with Crippen LogP contribution < -0.4 is 5.32 Å². The van der Waals surface area contributed by atoms with Gasteiger partial charge in [-0.2, -0.15) is 0 Å². The summed E-state index contributed by atoms with van der Waals surface area (Å²) in [6.45, 7) is 4.19. The van der Waals surface area contributed by atoms with Crippen molar-refractivity contribution >= 4 is 15.5 Å².